The first-order valence-corrected chi connectivity index (χ1v) is 5.68. The maximum atomic E-state index is 4.41. The van der Waals surface area contributed by atoms with Crippen molar-refractivity contribution in [1.82, 2.24) is 15.2 Å². The third-order valence-corrected chi connectivity index (χ3v) is 3.23. The van der Waals surface area contributed by atoms with Crippen LogP contribution in [-0.2, 0) is 6.42 Å². The predicted molar refractivity (Wildman–Crippen MR) is 63.6 cm³/mol. The zero-order valence-corrected chi connectivity index (χ0v) is 10.3. The summed E-state index contributed by atoms with van der Waals surface area (Å²) in [6.07, 6.45) is 0.875. The second kappa shape index (κ2) is 4.14. The van der Waals surface area contributed by atoms with Gasteiger partial charge in [0.15, 0.2) is 5.82 Å². The molecular formula is C11H12BrN3. The van der Waals surface area contributed by atoms with Crippen LogP contribution in [0.1, 0.15) is 18.3 Å². The number of aromatic amines is 1. The van der Waals surface area contributed by atoms with Crippen LogP contribution in [0.3, 0.4) is 0 Å². The van der Waals surface area contributed by atoms with Gasteiger partial charge in [-0.25, -0.2) is 4.98 Å². The molecule has 2 rings (SSSR count). The fraction of sp³-hybridized carbons (Fsp3) is 0.273. The fourth-order valence-electron chi connectivity index (χ4n) is 1.42. The molecule has 0 bridgehead atoms. The van der Waals surface area contributed by atoms with E-state index in [4.69, 9.17) is 0 Å². The molecule has 3 nitrogen and oxygen atoms in total. The minimum atomic E-state index is 0.769. The normalized spacial score (nSPS) is 10.6. The van der Waals surface area contributed by atoms with Gasteiger partial charge in [0.25, 0.3) is 0 Å². The summed E-state index contributed by atoms with van der Waals surface area (Å²) in [5, 5.41) is 7.13. The molecule has 4 heteroatoms. The average Bonchev–Trinajstić information content (AvgIpc) is 2.70. The van der Waals surface area contributed by atoms with E-state index in [1.54, 1.807) is 0 Å². The van der Waals surface area contributed by atoms with Gasteiger partial charge in [-0.05, 0) is 18.6 Å². The summed E-state index contributed by atoms with van der Waals surface area (Å²) in [4.78, 5) is 4.41. The molecule has 15 heavy (non-hydrogen) atoms. The molecular weight excluding hydrogens is 254 g/mol. The molecule has 0 aliphatic rings. The van der Waals surface area contributed by atoms with E-state index in [2.05, 4.69) is 45.0 Å². The molecule has 0 aliphatic carbocycles. The smallest absolute Gasteiger partial charge is 0.181 e. The van der Waals surface area contributed by atoms with Crippen molar-refractivity contribution < 1.29 is 0 Å². The van der Waals surface area contributed by atoms with E-state index in [1.807, 2.05) is 18.2 Å². The molecule has 1 N–H and O–H groups in total. The Morgan fingerprint density at radius 1 is 1.40 bits per heavy atom. The topological polar surface area (TPSA) is 41.6 Å². The van der Waals surface area contributed by atoms with Crippen LogP contribution in [0.25, 0.3) is 11.4 Å². The van der Waals surface area contributed by atoms with Gasteiger partial charge >= 0.3 is 0 Å². The molecule has 1 heterocycles. The number of benzene rings is 1. The number of nitrogens with zero attached hydrogens (tertiary/aromatic N) is 2. The van der Waals surface area contributed by atoms with Gasteiger partial charge in [-0.15, -0.1) is 0 Å². The molecule has 0 atom stereocenters. The van der Waals surface area contributed by atoms with Crippen molar-refractivity contribution in [2.45, 2.75) is 20.3 Å². The van der Waals surface area contributed by atoms with Gasteiger partial charge < -0.3 is 0 Å². The Bertz CT molecular complexity index is 476. The van der Waals surface area contributed by atoms with Crippen LogP contribution in [0.15, 0.2) is 22.7 Å². The Labute approximate surface area is 97.1 Å². The lowest BCUT2D eigenvalue weighted by Gasteiger charge is -2.02. The van der Waals surface area contributed by atoms with Crippen LogP contribution in [0.5, 0.6) is 0 Å². The lowest BCUT2D eigenvalue weighted by Crippen LogP contribution is -1.87. The van der Waals surface area contributed by atoms with E-state index in [9.17, 15) is 0 Å². The number of hydrogen-bond acceptors (Lipinski definition) is 2. The second-order valence-electron chi connectivity index (χ2n) is 3.37. The predicted octanol–water partition coefficient (Wildman–Crippen LogP) is 3.11. The summed E-state index contributed by atoms with van der Waals surface area (Å²) in [6.45, 7) is 4.11. The van der Waals surface area contributed by atoms with E-state index in [0.717, 1.165) is 28.1 Å². The van der Waals surface area contributed by atoms with E-state index in [-0.39, 0.29) is 0 Å². The summed E-state index contributed by atoms with van der Waals surface area (Å²) < 4.78 is 1.09. The first-order valence-electron chi connectivity index (χ1n) is 4.89. The Hall–Kier alpha value is -1.16. The van der Waals surface area contributed by atoms with Gasteiger partial charge in [-0.2, -0.15) is 5.10 Å². The van der Waals surface area contributed by atoms with E-state index < -0.39 is 0 Å². The fourth-order valence-corrected chi connectivity index (χ4v) is 1.79. The molecule has 0 saturated heterocycles. The lowest BCUT2D eigenvalue weighted by atomic mass is 10.1. The van der Waals surface area contributed by atoms with Gasteiger partial charge in [0.1, 0.15) is 5.82 Å². The highest BCUT2D eigenvalue weighted by Crippen LogP contribution is 2.25. The molecule has 1 aromatic heterocycles. The molecule has 0 amide bonds. The van der Waals surface area contributed by atoms with Crippen LogP contribution in [-0.4, -0.2) is 15.2 Å². The zero-order chi connectivity index (χ0) is 10.8. The van der Waals surface area contributed by atoms with Crippen molar-refractivity contribution >= 4 is 15.9 Å². The number of aromatic nitrogens is 3. The molecule has 78 valence electrons. The summed E-state index contributed by atoms with van der Waals surface area (Å²) in [6, 6.07) is 6.04. The molecule has 0 spiro atoms. The highest BCUT2D eigenvalue weighted by Gasteiger charge is 2.08. The van der Waals surface area contributed by atoms with Crippen LogP contribution in [0.4, 0.5) is 0 Å². The van der Waals surface area contributed by atoms with Crippen molar-refractivity contribution in [2.75, 3.05) is 0 Å². The standard InChI is InChI=1S/C11H12BrN3/c1-3-10-13-11(15-14-10)8-5-4-6-9(12)7(8)2/h4-6H,3H2,1-2H3,(H,13,14,15). The molecule has 0 aliphatic heterocycles. The summed E-state index contributed by atoms with van der Waals surface area (Å²) in [7, 11) is 0. The third-order valence-electron chi connectivity index (χ3n) is 2.38. The number of rotatable bonds is 2. The molecule has 0 radical (unpaired) electrons. The Kier molecular flexibility index (Phi) is 2.86. The number of hydrogen-bond donors (Lipinski definition) is 1. The first kappa shape index (κ1) is 10.4. The molecule has 0 saturated carbocycles. The van der Waals surface area contributed by atoms with Gasteiger partial charge in [-0.3, -0.25) is 5.10 Å². The van der Waals surface area contributed by atoms with Crippen molar-refractivity contribution in [2.24, 2.45) is 0 Å². The maximum Gasteiger partial charge on any atom is 0.181 e. The van der Waals surface area contributed by atoms with E-state index in [0.29, 0.717) is 0 Å². The van der Waals surface area contributed by atoms with Crippen LogP contribution >= 0.6 is 15.9 Å². The van der Waals surface area contributed by atoms with Gasteiger partial charge in [0.05, 0.1) is 0 Å². The Morgan fingerprint density at radius 2 is 2.20 bits per heavy atom. The second-order valence-corrected chi connectivity index (χ2v) is 4.23. The van der Waals surface area contributed by atoms with Crippen molar-refractivity contribution in [3.05, 3.63) is 34.1 Å². The van der Waals surface area contributed by atoms with Gasteiger partial charge in [0.2, 0.25) is 0 Å². The van der Waals surface area contributed by atoms with Gasteiger partial charge in [0, 0.05) is 16.5 Å². The molecule has 0 unspecified atom stereocenters. The molecule has 2 aromatic rings. The van der Waals surface area contributed by atoms with Crippen molar-refractivity contribution in [3.63, 3.8) is 0 Å². The molecule has 0 fully saturated rings. The van der Waals surface area contributed by atoms with Crippen LogP contribution < -0.4 is 0 Å². The SMILES string of the molecule is CCc1nc(-c2cccc(Br)c2C)n[nH]1. The maximum absolute atomic E-state index is 4.41. The van der Waals surface area contributed by atoms with Crippen molar-refractivity contribution in [1.29, 1.82) is 0 Å². The third kappa shape index (κ3) is 1.95. The van der Waals surface area contributed by atoms with Crippen molar-refractivity contribution in [3.8, 4) is 11.4 Å². The van der Waals surface area contributed by atoms with E-state index >= 15 is 0 Å². The Balaban J connectivity index is 2.49. The highest BCUT2D eigenvalue weighted by molar-refractivity contribution is 9.10. The number of H-pyrrole nitrogens is 1. The largest absolute Gasteiger partial charge is 0.263 e. The molecule has 1 aromatic carbocycles. The average molecular weight is 266 g/mol. The Morgan fingerprint density at radius 3 is 2.87 bits per heavy atom. The van der Waals surface area contributed by atoms with E-state index in [1.165, 1.54) is 5.56 Å². The highest BCUT2D eigenvalue weighted by atomic mass is 79.9. The number of aryl methyl sites for hydroxylation is 1. The minimum Gasteiger partial charge on any atom is -0.263 e. The van der Waals surface area contributed by atoms with Crippen LogP contribution in [0, 0.1) is 6.92 Å². The number of halogens is 1. The zero-order valence-electron chi connectivity index (χ0n) is 8.71. The minimum absolute atomic E-state index is 0.769. The summed E-state index contributed by atoms with van der Waals surface area (Å²) >= 11 is 3.50. The summed E-state index contributed by atoms with van der Waals surface area (Å²) in [5.41, 5.74) is 2.24. The first-order chi connectivity index (χ1) is 7.22. The lowest BCUT2D eigenvalue weighted by molar-refractivity contribution is 0.946. The van der Waals surface area contributed by atoms with Crippen LogP contribution in [0.2, 0.25) is 0 Å². The quantitative estimate of drug-likeness (QED) is 0.907. The summed E-state index contributed by atoms with van der Waals surface area (Å²) in [5.74, 6) is 1.69. The van der Waals surface area contributed by atoms with Gasteiger partial charge in [-0.1, -0.05) is 35.0 Å². The number of nitrogens with one attached hydrogen (secondary N) is 1. The monoisotopic (exact) mass is 265 g/mol.